The molecular formula is C5H9IN2. The Balaban J connectivity index is 0.000000490. The Labute approximate surface area is 65.7 Å². The van der Waals surface area contributed by atoms with Crippen molar-refractivity contribution in [1.82, 2.24) is 9.97 Å². The molecule has 0 atom stereocenters. The number of aromatic amines is 1. The molecule has 0 saturated heterocycles. The number of aromatic nitrogens is 2. The van der Waals surface area contributed by atoms with Crippen molar-refractivity contribution in [2.45, 2.75) is 13.3 Å². The maximum absolute atomic E-state index is 3.98. The van der Waals surface area contributed by atoms with Gasteiger partial charge in [-0.2, -0.15) is 0 Å². The molecule has 1 N–H and O–H groups in total. The number of hydrogen-bond acceptors (Lipinski definition) is 1. The van der Waals surface area contributed by atoms with Crippen LogP contribution < -0.4 is 0 Å². The lowest BCUT2D eigenvalue weighted by molar-refractivity contribution is 0.990. The monoisotopic (exact) mass is 224 g/mol. The lowest BCUT2D eigenvalue weighted by Gasteiger charge is -1.79. The van der Waals surface area contributed by atoms with E-state index in [-0.39, 0.29) is 24.0 Å². The number of H-pyrrole nitrogens is 1. The Morgan fingerprint density at radius 2 is 2.50 bits per heavy atom. The summed E-state index contributed by atoms with van der Waals surface area (Å²) in [4.78, 5) is 6.95. The molecule has 0 fully saturated rings. The third-order valence-corrected chi connectivity index (χ3v) is 0.890. The first-order valence-corrected chi connectivity index (χ1v) is 2.41. The van der Waals surface area contributed by atoms with Gasteiger partial charge in [-0.1, -0.05) is 6.92 Å². The van der Waals surface area contributed by atoms with Crippen LogP contribution in [0.3, 0.4) is 0 Å². The molecular weight excluding hydrogens is 215 g/mol. The van der Waals surface area contributed by atoms with Gasteiger partial charge in [0.2, 0.25) is 0 Å². The van der Waals surface area contributed by atoms with E-state index in [0.29, 0.717) is 0 Å². The Morgan fingerprint density at radius 1 is 1.75 bits per heavy atom. The van der Waals surface area contributed by atoms with Gasteiger partial charge in [0, 0.05) is 18.8 Å². The average Bonchev–Trinajstić information content (AvgIpc) is 2.14. The molecule has 0 aliphatic carbocycles. The predicted molar refractivity (Wildman–Crippen MR) is 43.4 cm³/mol. The van der Waals surface area contributed by atoms with Crippen LogP contribution in [0.4, 0.5) is 0 Å². The van der Waals surface area contributed by atoms with E-state index in [0.717, 1.165) is 12.2 Å². The smallest absolute Gasteiger partial charge is 0.105 e. The number of halogens is 1. The summed E-state index contributed by atoms with van der Waals surface area (Å²) < 4.78 is 0. The maximum atomic E-state index is 3.98. The SMILES string of the molecule is CCc1ncc[nH]1.I. The summed E-state index contributed by atoms with van der Waals surface area (Å²) in [6.45, 7) is 2.07. The van der Waals surface area contributed by atoms with Gasteiger partial charge in [0.25, 0.3) is 0 Å². The van der Waals surface area contributed by atoms with Crippen LogP contribution in [0.5, 0.6) is 0 Å². The predicted octanol–water partition coefficient (Wildman–Crippen LogP) is 1.59. The molecule has 46 valence electrons. The summed E-state index contributed by atoms with van der Waals surface area (Å²) in [6.07, 6.45) is 4.59. The number of imidazole rings is 1. The molecule has 0 spiro atoms. The van der Waals surface area contributed by atoms with Crippen molar-refractivity contribution in [3.8, 4) is 0 Å². The van der Waals surface area contributed by atoms with Crippen molar-refractivity contribution in [2.24, 2.45) is 0 Å². The van der Waals surface area contributed by atoms with Crippen molar-refractivity contribution in [3.05, 3.63) is 18.2 Å². The molecule has 2 nitrogen and oxygen atoms in total. The number of nitrogens with zero attached hydrogens (tertiary/aromatic N) is 1. The number of hydrogen-bond donors (Lipinski definition) is 1. The van der Waals surface area contributed by atoms with E-state index in [1.54, 1.807) is 6.20 Å². The molecule has 8 heavy (non-hydrogen) atoms. The van der Waals surface area contributed by atoms with Gasteiger partial charge < -0.3 is 4.98 Å². The summed E-state index contributed by atoms with van der Waals surface area (Å²) in [7, 11) is 0. The first kappa shape index (κ1) is 7.94. The van der Waals surface area contributed by atoms with Crippen LogP contribution in [0, 0.1) is 0 Å². The van der Waals surface area contributed by atoms with Gasteiger partial charge in [-0.25, -0.2) is 4.98 Å². The van der Waals surface area contributed by atoms with Crippen LogP contribution >= 0.6 is 24.0 Å². The first-order chi connectivity index (χ1) is 3.43. The van der Waals surface area contributed by atoms with Crippen molar-refractivity contribution < 1.29 is 0 Å². The molecule has 1 aromatic heterocycles. The van der Waals surface area contributed by atoms with E-state index in [1.807, 2.05) is 6.20 Å². The van der Waals surface area contributed by atoms with Gasteiger partial charge in [-0.3, -0.25) is 0 Å². The standard InChI is InChI=1S/C5H8N2.HI/c1-2-5-6-3-4-7-5;/h3-4H,2H2,1H3,(H,6,7);1H. The summed E-state index contributed by atoms with van der Waals surface area (Å²) in [5.41, 5.74) is 0. The highest BCUT2D eigenvalue weighted by Crippen LogP contribution is 1.85. The maximum Gasteiger partial charge on any atom is 0.105 e. The van der Waals surface area contributed by atoms with E-state index in [1.165, 1.54) is 0 Å². The Kier molecular flexibility index (Phi) is 3.85. The molecule has 3 heteroatoms. The van der Waals surface area contributed by atoms with E-state index >= 15 is 0 Å². The lowest BCUT2D eigenvalue weighted by Crippen LogP contribution is -1.78. The molecule has 0 amide bonds. The van der Waals surface area contributed by atoms with Gasteiger partial charge in [0.1, 0.15) is 5.82 Å². The topological polar surface area (TPSA) is 28.7 Å². The largest absolute Gasteiger partial charge is 0.349 e. The van der Waals surface area contributed by atoms with Gasteiger partial charge >= 0.3 is 0 Å². The fourth-order valence-electron chi connectivity index (χ4n) is 0.491. The molecule has 1 rings (SSSR count). The normalized spacial score (nSPS) is 8.12. The zero-order chi connectivity index (χ0) is 5.11. The second kappa shape index (κ2) is 3.88. The lowest BCUT2D eigenvalue weighted by atomic mass is 10.5. The quantitative estimate of drug-likeness (QED) is 0.721. The van der Waals surface area contributed by atoms with E-state index in [4.69, 9.17) is 0 Å². The molecule has 0 aliphatic heterocycles. The Morgan fingerprint density at radius 3 is 2.75 bits per heavy atom. The van der Waals surface area contributed by atoms with Crippen LogP contribution in [0.2, 0.25) is 0 Å². The van der Waals surface area contributed by atoms with Gasteiger partial charge in [-0.15, -0.1) is 24.0 Å². The van der Waals surface area contributed by atoms with Crippen LogP contribution in [0.25, 0.3) is 0 Å². The molecule has 1 aromatic rings. The van der Waals surface area contributed by atoms with E-state index in [2.05, 4.69) is 16.9 Å². The van der Waals surface area contributed by atoms with Gasteiger partial charge in [0.05, 0.1) is 0 Å². The van der Waals surface area contributed by atoms with Crippen LogP contribution in [0.1, 0.15) is 12.7 Å². The van der Waals surface area contributed by atoms with Crippen LogP contribution in [-0.2, 0) is 6.42 Å². The zero-order valence-corrected chi connectivity index (χ0v) is 7.05. The van der Waals surface area contributed by atoms with Crippen molar-refractivity contribution in [2.75, 3.05) is 0 Å². The highest BCUT2D eigenvalue weighted by atomic mass is 127. The van der Waals surface area contributed by atoms with E-state index in [9.17, 15) is 0 Å². The number of rotatable bonds is 1. The van der Waals surface area contributed by atoms with Crippen LogP contribution in [-0.4, -0.2) is 9.97 Å². The number of nitrogens with one attached hydrogen (secondary N) is 1. The first-order valence-electron chi connectivity index (χ1n) is 2.41. The van der Waals surface area contributed by atoms with Crippen molar-refractivity contribution in [3.63, 3.8) is 0 Å². The third kappa shape index (κ3) is 1.81. The summed E-state index contributed by atoms with van der Waals surface area (Å²) >= 11 is 0. The minimum Gasteiger partial charge on any atom is -0.349 e. The van der Waals surface area contributed by atoms with Crippen molar-refractivity contribution in [1.29, 1.82) is 0 Å². The molecule has 0 aromatic carbocycles. The third-order valence-electron chi connectivity index (χ3n) is 0.890. The van der Waals surface area contributed by atoms with Gasteiger partial charge in [0.15, 0.2) is 0 Å². The van der Waals surface area contributed by atoms with Crippen molar-refractivity contribution >= 4 is 24.0 Å². The average molecular weight is 224 g/mol. The molecule has 0 unspecified atom stereocenters. The minimum absolute atomic E-state index is 0. The second-order valence-corrected chi connectivity index (χ2v) is 1.39. The minimum atomic E-state index is 0. The summed E-state index contributed by atoms with van der Waals surface area (Å²) in [5.74, 6) is 1.06. The highest BCUT2D eigenvalue weighted by Gasteiger charge is 1.82. The fourth-order valence-corrected chi connectivity index (χ4v) is 0.491. The summed E-state index contributed by atoms with van der Waals surface area (Å²) in [5, 5.41) is 0. The fraction of sp³-hybridized carbons (Fsp3) is 0.400. The Bertz CT molecular complexity index is 125. The summed E-state index contributed by atoms with van der Waals surface area (Å²) in [6, 6.07) is 0. The number of aryl methyl sites for hydroxylation is 1. The highest BCUT2D eigenvalue weighted by molar-refractivity contribution is 14.0. The molecule has 0 saturated carbocycles. The van der Waals surface area contributed by atoms with E-state index < -0.39 is 0 Å². The molecule has 0 aliphatic rings. The Hall–Kier alpha value is -0.0600. The molecule has 0 radical (unpaired) electrons. The molecule has 0 bridgehead atoms. The second-order valence-electron chi connectivity index (χ2n) is 1.39. The van der Waals surface area contributed by atoms with Gasteiger partial charge in [-0.05, 0) is 0 Å². The zero-order valence-electron chi connectivity index (χ0n) is 4.72. The van der Waals surface area contributed by atoms with Crippen LogP contribution in [0.15, 0.2) is 12.4 Å². The molecule has 1 heterocycles.